The Hall–Kier alpha value is -0.470. The summed E-state index contributed by atoms with van der Waals surface area (Å²) < 4.78 is 0. The van der Waals surface area contributed by atoms with Gasteiger partial charge in [0.1, 0.15) is 0 Å². The second-order valence-corrected chi connectivity index (χ2v) is 7.20. The molecular formula is C16H23NS. The predicted octanol–water partition coefficient (Wildman–Crippen LogP) is 4.25. The van der Waals surface area contributed by atoms with E-state index in [1.807, 2.05) is 11.8 Å². The van der Waals surface area contributed by atoms with E-state index in [1.165, 1.54) is 35.5 Å². The zero-order valence-corrected chi connectivity index (χ0v) is 12.2. The Morgan fingerprint density at radius 2 is 2.00 bits per heavy atom. The number of rotatable bonds is 3. The van der Waals surface area contributed by atoms with Crippen LogP contribution in [-0.2, 0) is 0 Å². The second-order valence-electron chi connectivity index (χ2n) is 6.07. The molecule has 1 atom stereocenters. The third kappa shape index (κ3) is 2.46. The zero-order chi connectivity index (χ0) is 12.5. The van der Waals surface area contributed by atoms with Crippen molar-refractivity contribution >= 4 is 11.8 Å². The predicted molar refractivity (Wildman–Crippen MR) is 79.0 cm³/mol. The van der Waals surface area contributed by atoms with Gasteiger partial charge in [-0.15, -0.1) is 11.8 Å². The topological polar surface area (TPSA) is 12.0 Å². The third-order valence-electron chi connectivity index (χ3n) is 4.51. The van der Waals surface area contributed by atoms with Gasteiger partial charge in [0.15, 0.2) is 0 Å². The summed E-state index contributed by atoms with van der Waals surface area (Å²) in [7, 11) is 0. The van der Waals surface area contributed by atoms with Crippen molar-refractivity contribution in [2.75, 3.05) is 5.75 Å². The number of hydrogen-bond acceptors (Lipinski definition) is 2. The second kappa shape index (κ2) is 5.26. The first-order valence-electron chi connectivity index (χ1n) is 7.22. The van der Waals surface area contributed by atoms with Crippen molar-refractivity contribution in [3.8, 4) is 0 Å². The maximum Gasteiger partial charge on any atom is 0.0341 e. The minimum Gasteiger partial charge on any atom is -0.307 e. The van der Waals surface area contributed by atoms with Crippen LogP contribution < -0.4 is 5.32 Å². The van der Waals surface area contributed by atoms with Crippen molar-refractivity contribution in [2.45, 2.75) is 50.1 Å². The summed E-state index contributed by atoms with van der Waals surface area (Å²) in [6, 6.07) is 10.3. The molecule has 1 aromatic rings. The van der Waals surface area contributed by atoms with E-state index in [4.69, 9.17) is 0 Å². The van der Waals surface area contributed by atoms with Crippen molar-refractivity contribution in [3.63, 3.8) is 0 Å². The van der Waals surface area contributed by atoms with Crippen LogP contribution in [0.4, 0.5) is 0 Å². The zero-order valence-electron chi connectivity index (χ0n) is 11.4. The summed E-state index contributed by atoms with van der Waals surface area (Å²) in [6.45, 7) is 4.71. The van der Waals surface area contributed by atoms with E-state index in [-0.39, 0.29) is 0 Å². The molecule has 1 unspecified atom stereocenters. The minimum absolute atomic E-state index is 0.598. The Balaban J connectivity index is 1.62. The SMILES string of the molecule is CC(C)C1CC(NC2CCSc3ccccc32)C1. The van der Waals surface area contributed by atoms with Gasteiger partial charge in [0.2, 0.25) is 0 Å². The van der Waals surface area contributed by atoms with Gasteiger partial charge in [-0.05, 0) is 48.5 Å². The summed E-state index contributed by atoms with van der Waals surface area (Å²) in [5.74, 6) is 3.07. The van der Waals surface area contributed by atoms with Crippen molar-refractivity contribution in [1.29, 1.82) is 0 Å². The Kier molecular flexibility index (Phi) is 3.67. The highest BCUT2D eigenvalue weighted by Crippen LogP contribution is 2.39. The number of fused-ring (bicyclic) bond motifs is 1. The van der Waals surface area contributed by atoms with E-state index in [0.717, 1.165) is 17.9 Å². The van der Waals surface area contributed by atoms with Crippen LogP contribution in [0.5, 0.6) is 0 Å². The van der Waals surface area contributed by atoms with Gasteiger partial charge < -0.3 is 5.32 Å². The molecule has 1 fully saturated rings. The highest BCUT2D eigenvalue weighted by atomic mass is 32.2. The summed E-state index contributed by atoms with van der Waals surface area (Å²) in [5, 5.41) is 3.88. The lowest BCUT2D eigenvalue weighted by Crippen LogP contribution is -2.45. The molecule has 2 aliphatic rings. The van der Waals surface area contributed by atoms with E-state index in [1.54, 1.807) is 0 Å². The highest BCUT2D eigenvalue weighted by Gasteiger charge is 2.33. The molecule has 3 rings (SSSR count). The van der Waals surface area contributed by atoms with E-state index in [9.17, 15) is 0 Å². The van der Waals surface area contributed by atoms with Gasteiger partial charge in [-0.1, -0.05) is 32.0 Å². The largest absolute Gasteiger partial charge is 0.307 e. The van der Waals surface area contributed by atoms with E-state index in [2.05, 4.69) is 43.4 Å². The minimum atomic E-state index is 0.598. The molecule has 18 heavy (non-hydrogen) atoms. The monoisotopic (exact) mass is 261 g/mol. The molecule has 0 bridgehead atoms. The first kappa shape index (κ1) is 12.6. The fraction of sp³-hybridized carbons (Fsp3) is 0.625. The summed E-state index contributed by atoms with van der Waals surface area (Å²) >= 11 is 2.01. The Labute approximate surface area is 115 Å². The number of benzene rings is 1. The summed E-state index contributed by atoms with van der Waals surface area (Å²) in [5.41, 5.74) is 1.53. The van der Waals surface area contributed by atoms with Crippen molar-refractivity contribution < 1.29 is 0 Å². The van der Waals surface area contributed by atoms with Crippen LogP contribution in [0.15, 0.2) is 29.2 Å². The number of thioether (sulfide) groups is 1. The molecule has 0 amide bonds. The van der Waals surface area contributed by atoms with Gasteiger partial charge in [0.25, 0.3) is 0 Å². The van der Waals surface area contributed by atoms with Crippen molar-refractivity contribution in [2.24, 2.45) is 11.8 Å². The molecule has 1 aliphatic heterocycles. The molecule has 0 radical (unpaired) electrons. The van der Waals surface area contributed by atoms with Crippen LogP contribution in [0, 0.1) is 11.8 Å². The molecule has 1 aromatic carbocycles. The molecule has 1 saturated carbocycles. The van der Waals surface area contributed by atoms with Crippen LogP contribution in [0.1, 0.15) is 44.7 Å². The molecular weight excluding hydrogens is 238 g/mol. The van der Waals surface area contributed by atoms with Gasteiger partial charge in [-0.3, -0.25) is 0 Å². The van der Waals surface area contributed by atoms with E-state index < -0.39 is 0 Å². The van der Waals surface area contributed by atoms with Gasteiger partial charge in [-0.25, -0.2) is 0 Å². The van der Waals surface area contributed by atoms with Crippen LogP contribution in [0.25, 0.3) is 0 Å². The van der Waals surface area contributed by atoms with Gasteiger partial charge >= 0.3 is 0 Å². The number of nitrogens with one attached hydrogen (secondary N) is 1. The van der Waals surface area contributed by atoms with E-state index in [0.29, 0.717) is 6.04 Å². The number of hydrogen-bond donors (Lipinski definition) is 1. The molecule has 0 aromatic heterocycles. The fourth-order valence-corrected chi connectivity index (χ4v) is 4.27. The Morgan fingerprint density at radius 1 is 1.22 bits per heavy atom. The highest BCUT2D eigenvalue weighted by molar-refractivity contribution is 7.99. The normalized spacial score (nSPS) is 30.9. The lowest BCUT2D eigenvalue weighted by atomic mass is 9.73. The standard InChI is InChI=1S/C16H23NS/c1-11(2)12-9-13(10-12)17-15-7-8-18-16-6-4-3-5-14(15)16/h3-6,11-13,15,17H,7-10H2,1-2H3. The molecule has 1 heterocycles. The van der Waals surface area contributed by atoms with Crippen molar-refractivity contribution in [1.82, 2.24) is 5.32 Å². The summed E-state index contributed by atoms with van der Waals surface area (Å²) in [6.07, 6.45) is 4.04. The van der Waals surface area contributed by atoms with Crippen molar-refractivity contribution in [3.05, 3.63) is 29.8 Å². The Morgan fingerprint density at radius 3 is 2.78 bits per heavy atom. The average Bonchev–Trinajstić information content (AvgIpc) is 2.33. The molecule has 98 valence electrons. The van der Waals surface area contributed by atoms with E-state index >= 15 is 0 Å². The van der Waals surface area contributed by atoms with Crippen LogP contribution in [0.3, 0.4) is 0 Å². The molecule has 1 aliphatic carbocycles. The fourth-order valence-electron chi connectivity index (χ4n) is 3.14. The smallest absolute Gasteiger partial charge is 0.0341 e. The van der Waals surface area contributed by atoms with Gasteiger partial charge in [-0.2, -0.15) is 0 Å². The van der Waals surface area contributed by atoms with Gasteiger partial charge in [0, 0.05) is 17.0 Å². The maximum absolute atomic E-state index is 3.88. The third-order valence-corrected chi connectivity index (χ3v) is 5.64. The quantitative estimate of drug-likeness (QED) is 0.873. The first-order chi connectivity index (χ1) is 8.74. The molecule has 2 heteroatoms. The van der Waals surface area contributed by atoms with Crippen LogP contribution >= 0.6 is 11.8 Å². The molecule has 0 spiro atoms. The first-order valence-corrected chi connectivity index (χ1v) is 8.20. The molecule has 1 N–H and O–H groups in total. The average molecular weight is 261 g/mol. The Bertz CT molecular complexity index is 409. The van der Waals surface area contributed by atoms with Crippen LogP contribution in [-0.4, -0.2) is 11.8 Å². The maximum atomic E-state index is 3.88. The lowest BCUT2D eigenvalue weighted by Gasteiger charge is -2.41. The summed E-state index contributed by atoms with van der Waals surface area (Å²) in [4.78, 5) is 1.49. The molecule has 1 nitrogen and oxygen atoms in total. The van der Waals surface area contributed by atoms with Crippen LogP contribution in [0.2, 0.25) is 0 Å². The van der Waals surface area contributed by atoms with Gasteiger partial charge in [0.05, 0.1) is 0 Å². The lowest BCUT2D eigenvalue weighted by molar-refractivity contribution is 0.155. The molecule has 0 saturated heterocycles.